The third-order valence-electron chi connectivity index (χ3n) is 4.08. The number of nitrogens with one attached hydrogen (secondary N) is 1. The molecule has 0 unspecified atom stereocenters. The van der Waals surface area contributed by atoms with Crippen molar-refractivity contribution in [2.75, 3.05) is 5.32 Å². The molecule has 0 saturated carbocycles. The van der Waals surface area contributed by atoms with Gasteiger partial charge in [0.15, 0.2) is 0 Å². The van der Waals surface area contributed by atoms with Gasteiger partial charge in [0.1, 0.15) is 11.4 Å². The molecule has 25 heavy (non-hydrogen) atoms. The monoisotopic (exact) mass is 358 g/mol. The summed E-state index contributed by atoms with van der Waals surface area (Å²) >= 11 is 6.00. The van der Waals surface area contributed by atoms with Gasteiger partial charge in [0.05, 0.1) is 5.52 Å². The highest BCUT2D eigenvalue weighted by Gasteiger charge is 2.16. The number of fused-ring (bicyclic) bond motifs is 1. The van der Waals surface area contributed by atoms with Crippen molar-refractivity contribution in [3.8, 4) is 0 Å². The van der Waals surface area contributed by atoms with Crippen molar-refractivity contribution in [1.82, 2.24) is 4.57 Å². The minimum absolute atomic E-state index is 0.0136. The maximum Gasteiger partial charge on any atom is 0.261 e. The molecule has 0 aliphatic carbocycles. The summed E-state index contributed by atoms with van der Waals surface area (Å²) in [5, 5.41) is 3.41. The van der Waals surface area contributed by atoms with Gasteiger partial charge < -0.3 is 9.88 Å². The fourth-order valence-corrected chi connectivity index (χ4v) is 2.88. The summed E-state index contributed by atoms with van der Waals surface area (Å²) in [4.78, 5) is 25.3. The number of halogens is 2. The molecule has 0 bridgehead atoms. The molecule has 1 N–H and O–H groups in total. The van der Waals surface area contributed by atoms with E-state index in [-0.39, 0.29) is 5.56 Å². The van der Waals surface area contributed by atoms with Crippen LogP contribution in [0.25, 0.3) is 10.9 Å². The molecule has 0 atom stereocenters. The number of rotatable bonds is 3. The van der Waals surface area contributed by atoms with Crippen LogP contribution in [0.4, 0.5) is 10.1 Å². The number of anilines is 1. The van der Waals surface area contributed by atoms with Crippen LogP contribution in [0.15, 0.2) is 47.4 Å². The summed E-state index contributed by atoms with van der Waals surface area (Å²) in [6, 6.07) is 9.11. The van der Waals surface area contributed by atoms with Crippen LogP contribution in [0, 0.1) is 12.7 Å². The molecule has 1 amide bonds. The SMILES string of the molecule is CCn1cc(C(=O)Nc2cc(F)ccc2C)c(=O)c2cc(Cl)ccc21. The van der Waals surface area contributed by atoms with Crippen molar-refractivity contribution in [2.24, 2.45) is 0 Å². The maximum atomic E-state index is 13.4. The van der Waals surface area contributed by atoms with E-state index >= 15 is 0 Å². The number of benzene rings is 2. The molecule has 0 radical (unpaired) electrons. The van der Waals surface area contributed by atoms with Gasteiger partial charge in [-0.1, -0.05) is 17.7 Å². The number of amides is 1. The van der Waals surface area contributed by atoms with Crippen molar-refractivity contribution >= 4 is 34.1 Å². The molecule has 1 heterocycles. The number of nitrogens with zero attached hydrogens (tertiary/aromatic N) is 1. The average Bonchev–Trinajstić information content (AvgIpc) is 2.58. The van der Waals surface area contributed by atoms with Crippen LogP contribution in [0.2, 0.25) is 5.02 Å². The average molecular weight is 359 g/mol. The Hall–Kier alpha value is -2.66. The Morgan fingerprint density at radius 2 is 2.00 bits per heavy atom. The molecule has 1 aromatic heterocycles. The molecule has 3 rings (SSSR count). The van der Waals surface area contributed by atoms with Crippen LogP contribution in [-0.4, -0.2) is 10.5 Å². The van der Waals surface area contributed by atoms with Gasteiger partial charge in [-0.15, -0.1) is 0 Å². The van der Waals surface area contributed by atoms with Gasteiger partial charge in [0.2, 0.25) is 5.43 Å². The van der Waals surface area contributed by atoms with Crippen molar-refractivity contribution in [1.29, 1.82) is 0 Å². The number of aromatic nitrogens is 1. The highest BCUT2D eigenvalue weighted by molar-refractivity contribution is 6.31. The fourth-order valence-electron chi connectivity index (χ4n) is 2.71. The molecule has 0 aliphatic heterocycles. The molecule has 3 aromatic rings. The van der Waals surface area contributed by atoms with E-state index in [9.17, 15) is 14.0 Å². The third kappa shape index (κ3) is 3.28. The number of carbonyl (C=O) groups excluding carboxylic acids is 1. The highest BCUT2D eigenvalue weighted by atomic mass is 35.5. The molecular weight excluding hydrogens is 343 g/mol. The Balaban J connectivity index is 2.11. The van der Waals surface area contributed by atoms with Crippen molar-refractivity contribution < 1.29 is 9.18 Å². The van der Waals surface area contributed by atoms with Gasteiger partial charge in [-0.3, -0.25) is 9.59 Å². The van der Waals surface area contributed by atoms with Crippen molar-refractivity contribution in [3.63, 3.8) is 0 Å². The van der Waals surface area contributed by atoms with Gasteiger partial charge >= 0.3 is 0 Å². The summed E-state index contributed by atoms with van der Waals surface area (Å²) in [6.45, 7) is 4.24. The number of pyridine rings is 1. The number of hydrogen-bond acceptors (Lipinski definition) is 2. The second-order valence-corrected chi connectivity index (χ2v) is 6.17. The van der Waals surface area contributed by atoms with E-state index < -0.39 is 17.2 Å². The molecule has 4 nitrogen and oxygen atoms in total. The van der Waals surface area contributed by atoms with Crippen LogP contribution >= 0.6 is 11.6 Å². The Labute approximate surface area is 148 Å². The Kier molecular flexibility index (Phi) is 4.59. The first-order valence-electron chi connectivity index (χ1n) is 7.81. The predicted octanol–water partition coefficient (Wildman–Crippen LogP) is 4.37. The van der Waals surface area contributed by atoms with Gasteiger partial charge in [0, 0.05) is 28.8 Å². The van der Waals surface area contributed by atoms with Crippen molar-refractivity contribution in [3.05, 3.63) is 74.8 Å². The van der Waals surface area contributed by atoms with E-state index in [1.165, 1.54) is 18.3 Å². The molecule has 0 spiro atoms. The Morgan fingerprint density at radius 3 is 2.72 bits per heavy atom. The zero-order chi connectivity index (χ0) is 18.1. The molecular formula is C19H16ClFN2O2. The lowest BCUT2D eigenvalue weighted by molar-refractivity contribution is 0.102. The van der Waals surface area contributed by atoms with Crippen LogP contribution in [0.1, 0.15) is 22.8 Å². The van der Waals surface area contributed by atoms with E-state index in [4.69, 9.17) is 11.6 Å². The lowest BCUT2D eigenvalue weighted by atomic mass is 10.1. The fraction of sp³-hybridized carbons (Fsp3) is 0.158. The Morgan fingerprint density at radius 1 is 1.24 bits per heavy atom. The summed E-state index contributed by atoms with van der Waals surface area (Å²) in [5.74, 6) is -1.04. The summed E-state index contributed by atoms with van der Waals surface area (Å²) in [6.07, 6.45) is 1.52. The van der Waals surface area contributed by atoms with Gasteiger partial charge in [-0.25, -0.2) is 4.39 Å². The lowest BCUT2D eigenvalue weighted by Crippen LogP contribution is -2.24. The third-order valence-corrected chi connectivity index (χ3v) is 4.31. The predicted molar refractivity (Wildman–Crippen MR) is 98.0 cm³/mol. The van der Waals surface area contributed by atoms with Crippen molar-refractivity contribution in [2.45, 2.75) is 20.4 Å². The first-order valence-corrected chi connectivity index (χ1v) is 8.18. The zero-order valence-electron chi connectivity index (χ0n) is 13.8. The quantitative estimate of drug-likeness (QED) is 0.755. The van der Waals surface area contributed by atoms with E-state index in [2.05, 4.69) is 5.32 Å². The largest absolute Gasteiger partial charge is 0.347 e. The molecule has 2 aromatic carbocycles. The molecule has 128 valence electrons. The molecule has 0 saturated heterocycles. The van der Waals surface area contributed by atoms with Crippen LogP contribution in [0.5, 0.6) is 0 Å². The highest BCUT2D eigenvalue weighted by Crippen LogP contribution is 2.20. The first kappa shape index (κ1) is 17.2. The molecule has 0 aliphatic rings. The van der Waals surface area contributed by atoms with E-state index in [1.807, 2.05) is 6.92 Å². The van der Waals surface area contributed by atoms with Crippen LogP contribution in [0.3, 0.4) is 0 Å². The smallest absolute Gasteiger partial charge is 0.261 e. The molecule has 6 heteroatoms. The number of carbonyl (C=O) groups is 1. The minimum atomic E-state index is -0.581. The maximum absolute atomic E-state index is 13.4. The minimum Gasteiger partial charge on any atom is -0.347 e. The normalized spacial score (nSPS) is 10.9. The van der Waals surface area contributed by atoms with E-state index in [1.54, 1.807) is 35.8 Å². The summed E-state index contributed by atoms with van der Waals surface area (Å²) in [7, 11) is 0. The van der Waals surface area contributed by atoms with E-state index in [0.29, 0.717) is 33.7 Å². The lowest BCUT2D eigenvalue weighted by Gasteiger charge is -2.13. The topological polar surface area (TPSA) is 51.1 Å². The Bertz CT molecular complexity index is 1040. The van der Waals surface area contributed by atoms with E-state index in [0.717, 1.165) is 0 Å². The van der Waals surface area contributed by atoms with Gasteiger partial charge in [-0.2, -0.15) is 0 Å². The second kappa shape index (κ2) is 6.69. The van der Waals surface area contributed by atoms with Gasteiger partial charge in [0.25, 0.3) is 5.91 Å². The first-order chi connectivity index (χ1) is 11.9. The standard InChI is InChI=1S/C19H16ClFN2O2/c1-3-23-10-15(18(24)14-8-12(20)5-7-17(14)23)19(25)22-16-9-13(21)6-4-11(16)2/h4-10H,3H2,1-2H3,(H,22,25). The molecule has 0 fully saturated rings. The summed E-state index contributed by atoms with van der Waals surface area (Å²) < 4.78 is 15.2. The zero-order valence-corrected chi connectivity index (χ0v) is 14.5. The summed E-state index contributed by atoms with van der Waals surface area (Å²) in [5.41, 5.74) is 1.32. The number of hydrogen-bond donors (Lipinski definition) is 1. The second-order valence-electron chi connectivity index (χ2n) is 5.73. The number of aryl methyl sites for hydroxylation is 2. The van der Waals surface area contributed by atoms with Crippen LogP contribution < -0.4 is 10.7 Å². The van der Waals surface area contributed by atoms with Crippen LogP contribution in [-0.2, 0) is 6.54 Å². The van der Waals surface area contributed by atoms with Gasteiger partial charge in [-0.05, 0) is 49.7 Å².